The molecule has 0 aromatic heterocycles. The van der Waals surface area contributed by atoms with Crippen LogP contribution in [0.15, 0.2) is 36.4 Å². The second kappa shape index (κ2) is 9.62. The van der Waals surface area contributed by atoms with Gasteiger partial charge in [0.15, 0.2) is 5.54 Å². The van der Waals surface area contributed by atoms with Crippen molar-refractivity contribution in [1.29, 1.82) is 5.26 Å². The van der Waals surface area contributed by atoms with Crippen LogP contribution in [0.25, 0.3) is 0 Å². The number of carbonyl (C=O) groups is 2. The highest BCUT2D eigenvalue weighted by atomic mass is 19.4. The lowest BCUT2D eigenvalue weighted by atomic mass is 9.78. The van der Waals surface area contributed by atoms with Gasteiger partial charge in [0.25, 0.3) is 5.91 Å². The molecular formula is C21H19BF3N3O6. The Bertz CT molecular complexity index is 1140. The molecule has 1 unspecified atom stereocenters. The number of anilines is 1. The van der Waals surface area contributed by atoms with E-state index in [-0.39, 0.29) is 30.2 Å². The van der Waals surface area contributed by atoms with Crippen LogP contribution in [0.5, 0.6) is 11.5 Å². The van der Waals surface area contributed by atoms with Crippen LogP contribution in [0.4, 0.5) is 18.9 Å². The molecule has 0 bridgehead atoms. The molecule has 9 nitrogen and oxygen atoms in total. The van der Waals surface area contributed by atoms with Gasteiger partial charge in [-0.3, -0.25) is 9.59 Å². The minimum atomic E-state index is -4.86. The number of hydrogen-bond acceptors (Lipinski definition) is 7. The summed E-state index contributed by atoms with van der Waals surface area (Å²) in [6.45, 7) is 2.44. The zero-order valence-electron chi connectivity index (χ0n) is 18.0. The Morgan fingerprint density at radius 1 is 1.24 bits per heavy atom. The number of alkyl halides is 3. The van der Waals surface area contributed by atoms with E-state index in [1.165, 1.54) is 19.9 Å². The van der Waals surface area contributed by atoms with Gasteiger partial charge >= 0.3 is 13.5 Å². The summed E-state index contributed by atoms with van der Waals surface area (Å²) in [5, 5.41) is 24.8. The molecule has 34 heavy (non-hydrogen) atoms. The number of amides is 2. The Labute approximate surface area is 192 Å². The zero-order valence-corrected chi connectivity index (χ0v) is 18.0. The number of ether oxygens (including phenoxy) is 2. The molecule has 1 aliphatic heterocycles. The molecule has 0 fully saturated rings. The molecule has 2 aromatic carbocycles. The number of carbonyl (C=O) groups excluding carboxylic acids is 2. The number of rotatable bonds is 7. The molecule has 0 radical (unpaired) electrons. The maximum absolute atomic E-state index is 12.5. The highest BCUT2D eigenvalue weighted by Crippen LogP contribution is 2.29. The normalized spacial score (nSPS) is 14.4. The summed E-state index contributed by atoms with van der Waals surface area (Å²) in [6, 6.07) is 9.27. The lowest BCUT2D eigenvalue weighted by molar-refractivity contribution is -0.274. The lowest BCUT2D eigenvalue weighted by Gasteiger charge is -2.25. The van der Waals surface area contributed by atoms with E-state index < -0.39 is 36.6 Å². The molecule has 2 amide bonds. The third-order valence-corrected chi connectivity index (χ3v) is 4.74. The Morgan fingerprint density at radius 3 is 2.50 bits per heavy atom. The fourth-order valence-corrected chi connectivity index (χ4v) is 3.18. The number of hydrogen-bond donors (Lipinski definition) is 3. The van der Waals surface area contributed by atoms with Crippen LogP contribution in [0.2, 0.25) is 0 Å². The van der Waals surface area contributed by atoms with E-state index in [0.29, 0.717) is 11.0 Å². The number of benzene rings is 2. The smallest absolute Gasteiger partial charge is 0.488 e. The monoisotopic (exact) mass is 477 g/mol. The first-order chi connectivity index (χ1) is 15.9. The highest BCUT2D eigenvalue weighted by Gasteiger charge is 2.34. The Kier molecular flexibility index (Phi) is 7.04. The van der Waals surface area contributed by atoms with Crippen LogP contribution >= 0.6 is 0 Å². The summed E-state index contributed by atoms with van der Waals surface area (Å²) in [5.74, 6) is -1.51. The third kappa shape index (κ3) is 5.97. The molecule has 3 rings (SSSR count). The van der Waals surface area contributed by atoms with Crippen LogP contribution < -0.4 is 25.6 Å². The molecule has 178 valence electrons. The van der Waals surface area contributed by atoms with Crippen molar-refractivity contribution in [3.8, 4) is 17.6 Å². The van der Waals surface area contributed by atoms with Gasteiger partial charge in [0.2, 0.25) is 5.91 Å². The van der Waals surface area contributed by atoms with Gasteiger partial charge in [0.05, 0.1) is 18.4 Å². The number of halogens is 3. The second-order valence-electron chi connectivity index (χ2n) is 7.61. The lowest BCUT2D eigenvalue weighted by Crippen LogP contribution is -2.49. The first kappa shape index (κ1) is 24.9. The van der Waals surface area contributed by atoms with Crippen molar-refractivity contribution >= 4 is 30.1 Å². The van der Waals surface area contributed by atoms with Crippen molar-refractivity contribution in [1.82, 2.24) is 5.32 Å². The SMILES string of the molecule is CC(=O)Nc1c(OCC(C)(C#N)NC(=O)c2ccc(OC(F)(F)F)cc2)ccc2c1B(O)OC2. The van der Waals surface area contributed by atoms with Crippen LogP contribution in [0, 0.1) is 11.3 Å². The van der Waals surface area contributed by atoms with Crippen LogP contribution in [-0.4, -0.2) is 42.5 Å². The summed E-state index contributed by atoms with van der Waals surface area (Å²) in [7, 11) is -1.27. The quantitative estimate of drug-likeness (QED) is 0.519. The second-order valence-corrected chi connectivity index (χ2v) is 7.61. The summed E-state index contributed by atoms with van der Waals surface area (Å²) >= 11 is 0. The molecule has 1 heterocycles. The summed E-state index contributed by atoms with van der Waals surface area (Å²) in [4.78, 5) is 24.2. The van der Waals surface area contributed by atoms with Gasteiger partial charge in [-0.1, -0.05) is 6.07 Å². The molecule has 13 heteroatoms. The average Bonchev–Trinajstić information content (AvgIpc) is 3.13. The number of nitrogens with one attached hydrogen (secondary N) is 2. The van der Waals surface area contributed by atoms with Crippen molar-refractivity contribution in [2.45, 2.75) is 32.4 Å². The van der Waals surface area contributed by atoms with E-state index in [2.05, 4.69) is 15.4 Å². The van der Waals surface area contributed by atoms with Crippen molar-refractivity contribution < 1.29 is 41.9 Å². The Balaban J connectivity index is 1.74. The van der Waals surface area contributed by atoms with Gasteiger partial charge in [-0.2, -0.15) is 5.26 Å². The molecule has 1 atom stereocenters. The van der Waals surface area contributed by atoms with Gasteiger partial charge < -0.3 is 29.8 Å². The van der Waals surface area contributed by atoms with Gasteiger partial charge in [-0.15, -0.1) is 13.2 Å². The Morgan fingerprint density at radius 2 is 1.91 bits per heavy atom. The van der Waals surface area contributed by atoms with E-state index in [9.17, 15) is 33.0 Å². The van der Waals surface area contributed by atoms with Crippen LogP contribution in [0.1, 0.15) is 29.8 Å². The fourth-order valence-electron chi connectivity index (χ4n) is 3.18. The molecule has 0 spiro atoms. The van der Waals surface area contributed by atoms with Gasteiger partial charge in [0, 0.05) is 17.9 Å². The molecular weight excluding hydrogens is 458 g/mol. The van der Waals surface area contributed by atoms with E-state index in [0.717, 1.165) is 24.3 Å². The third-order valence-electron chi connectivity index (χ3n) is 4.74. The number of fused-ring (bicyclic) bond motifs is 1. The summed E-state index contributed by atoms with van der Waals surface area (Å²) in [5.41, 5.74) is -0.399. The van der Waals surface area contributed by atoms with E-state index in [1.54, 1.807) is 6.07 Å². The first-order valence-corrected chi connectivity index (χ1v) is 9.86. The first-order valence-electron chi connectivity index (χ1n) is 9.86. The molecule has 0 saturated heterocycles. The molecule has 3 N–H and O–H groups in total. The standard InChI is InChI=1S/C21H19BF3N3O6/c1-12(29)27-18-16(8-5-14-9-33-22(31)17(14)18)32-11-20(2,10-26)28-19(30)13-3-6-15(7-4-13)34-21(23,24)25/h3-8,31H,9,11H2,1-2H3,(H,27,29)(H,28,30). The molecule has 2 aromatic rings. The van der Waals surface area contributed by atoms with Crippen molar-refractivity contribution in [2.24, 2.45) is 0 Å². The minimum absolute atomic E-state index is 0.00673. The van der Waals surface area contributed by atoms with Gasteiger partial charge in [0.1, 0.15) is 18.1 Å². The van der Waals surface area contributed by atoms with Crippen molar-refractivity contribution in [2.75, 3.05) is 11.9 Å². The zero-order chi connectivity index (χ0) is 25.1. The minimum Gasteiger partial charge on any atom is -0.488 e. The molecule has 0 saturated carbocycles. The number of nitrogens with zero attached hydrogens (tertiary/aromatic N) is 1. The van der Waals surface area contributed by atoms with E-state index in [1.807, 2.05) is 6.07 Å². The van der Waals surface area contributed by atoms with E-state index >= 15 is 0 Å². The highest BCUT2D eigenvalue weighted by molar-refractivity contribution is 6.63. The Hall–Kier alpha value is -3.76. The topological polar surface area (TPSA) is 130 Å². The maximum atomic E-state index is 12.5. The van der Waals surface area contributed by atoms with Crippen LogP contribution in [-0.2, 0) is 16.1 Å². The van der Waals surface area contributed by atoms with Crippen molar-refractivity contribution in [3.05, 3.63) is 47.5 Å². The maximum Gasteiger partial charge on any atom is 0.573 e. The predicted octanol–water partition coefficient (Wildman–Crippen LogP) is 1.85. The van der Waals surface area contributed by atoms with E-state index in [4.69, 9.17) is 9.39 Å². The van der Waals surface area contributed by atoms with Crippen LogP contribution in [0.3, 0.4) is 0 Å². The molecule has 0 aliphatic carbocycles. The molecule has 1 aliphatic rings. The predicted molar refractivity (Wildman–Crippen MR) is 113 cm³/mol. The van der Waals surface area contributed by atoms with Gasteiger partial charge in [-0.05, 0) is 42.8 Å². The average molecular weight is 477 g/mol. The van der Waals surface area contributed by atoms with Gasteiger partial charge in [-0.25, -0.2) is 0 Å². The largest absolute Gasteiger partial charge is 0.573 e. The number of nitriles is 1. The fraction of sp³-hybridized carbons (Fsp3) is 0.286. The summed E-state index contributed by atoms with van der Waals surface area (Å²) in [6.07, 6.45) is -4.86. The van der Waals surface area contributed by atoms with Crippen molar-refractivity contribution in [3.63, 3.8) is 0 Å². The summed E-state index contributed by atoms with van der Waals surface area (Å²) < 4.78 is 51.5.